The number of rotatable bonds is 2. The number of hydrogen-bond acceptors (Lipinski definition) is 3. The first-order chi connectivity index (χ1) is 9.37. The van der Waals surface area contributed by atoms with Gasteiger partial charge in [0.2, 0.25) is 0 Å². The minimum absolute atomic E-state index is 0.186. The first-order valence-electron chi connectivity index (χ1n) is 6.03. The van der Waals surface area contributed by atoms with Crippen LogP contribution in [0.15, 0.2) is 23.0 Å². The zero-order valence-electron chi connectivity index (χ0n) is 10.5. The molecule has 1 aromatic heterocycles. The van der Waals surface area contributed by atoms with Gasteiger partial charge in [0, 0.05) is 12.5 Å². The summed E-state index contributed by atoms with van der Waals surface area (Å²) in [5.74, 6) is 0. The summed E-state index contributed by atoms with van der Waals surface area (Å²) in [6.07, 6.45) is -3.11. The molecular formula is C13H11F3N2O2. The fraction of sp³-hybridized carbons (Fsp3) is 0.385. The number of aromatic amines is 1. The largest absolute Gasteiger partial charge is 0.416 e. The van der Waals surface area contributed by atoms with Crippen molar-refractivity contribution in [2.45, 2.75) is 24.6 Å². The molecule has 2 aromatic rings. The third-order valence-electron chi connectivity index (χ3n) is 3.64. The topological polar surface area (TPSA) is 55.0 Å². The molecule has 1 fully saturated rings. The standard InChI is InChI=1S/C13H11F3N2O2/c1-20-12(4-5-12)10-9-6-7(13(14,15)16)2-3-8(9)11(19)18-17-10/h2-3,6H,4-5H2,1H3,(H,18,19). The molecule has 1 aliphatic carbocycles. The Balaban J connectivity index is 2.31. The Labute approximate surface area is 111 Å². The van der Waals surface area contributed by atoms with Gasteiger partial charge >= 0.3 is 6.18 Å². The number of fused-ring (bicyclic) bond motifs is 1. The van der Waals surface area contributed by atoms with Crippen molar-refractivity contribution in [1.82, 2.24) is 10.2 Å². The van der Waals surface area contributed by atoms with Gasteiger partial charge in [-0.15, -0.1) is 0 Å². The van der Waals surface area contributed by atoms with E-state index in [-0.39, 0.29) is 10.8 Å². The molecule has 0 amide bonds. The van der Waals surface area contributed by atoms with Gasteiger partial charge in [-0.25, -0.2) is 5.10 Å². The predicted octanol–water partition coefficient (Wildman–Crippen LogP) is 2.58. The highest BCUT2D eigenvalue weighted by Gasteiger charge is 2.48. The number of nitrogens with one attached hydrogen (secondary N) is 1. The van der Waals surface area contributed by atoms with E-state index in [0.717, 1.165) is 12.1 Å². The highest BCUT2D eigenvalue weighted by molar-refractivity contribution is 5.85. The summed E-state index contributed by atoms with van der Waals surface area (Å²) in [7, 11) is 1.49. The number of benzene rings is 1. The molecule has 1 aliphatic rings. The van der Waals surface area contributed by atoms with E-state index in [1.165, 1.54) is 13.2 Å². The average molecular weight is 284 g/mol. The zero-order chi connectivity index (χ0) is 14.5. The second-order valence-corrected chi connectivity index (χ2v) is 4.86. The molecule has 20 heavy (non-hydrogen) atoms. The van der Waals surface area contributed by atoms with Crippen LogP contribution in [0.25, 0.3) is 10.8 Å². The van der Waals surface area contributed by atoms with Crippen molar-refractivity contribution in [2.24, 2.45) is 0 Å². The maximum absolute atomic E-state index is 12.8. The minimum atomic E-state index is -4.46. The molecule has 7 heteroatoms. The molecule has 0 atom stereocenters. The fourth-order valence-corrected chi connectivity index (χ4v) is 2.34. The van der Waals surface area contributed by atoms with Gasteiger partial charge in [-0.05, 0) is 31.0 Å². The van der Waals surface area contributed by atoms with Gasteiger partial charge in [-0.2, -0.15) is 18.3 Å². The van der Waals surface area contributed by atoms with E-state index in [9.17, 15) is 18.0 Å². The fourth-order valence-electron chi connectivity index (χ4n) is 2.34. The molecule has 3 rings (SSSR count). The van der Waals surface area contributed by atoms with Gasteiger partial charge in [0.05, 0.1) is 10.9 Å². The minimum Gasteiger partial charge on any atom is -0.372 e. The van der Waals surface area contributed by atoms with E-state index in [1.54, 1.807) is 0 Å². The molecule has 0 radical (unpaired) electrons. The van der Waals surface area contributed by atoms with Gasteiger partial charge in [-0.1, -0.05) is 0 Å². The lowest BCUT2D eigenvalue weighted by Gasteiger charge is -2.15. The maximum Gasteiger partial charge on any atom is 0.416 e. The van der Waals surface area contributed by atoms with E-state index in [2.05, 4.69) is 10.2 Å². The smallest absolute Gasteiger partial charge is 0.372 e. The van der Waals surface area contributed by atoms with Crippen LogP contribution in [0.2, 0.25) is 0 Å². The predicted molar refractivity (Wildman–Crippen MR) is 65.3 cm³/mol. The Morgan fingerprint density at radius 1 is 1.30 bits per heavy atom. The number of aromatic nitrogens is 2. The van der Waals surface area contributed by atoms with Crippen LogP contribution in [0.5, 0.6) is 0 Å². The Hall–Kier alpha value is -1.89. The summed E-state index contributed by atoms with van der Waals surface area (Å²) in [5, 5.41) is 6.60. The molecule has 0 bridgehead atoms. The second-order valence-electron chi connectivity index (χ2n) is 4.86. The van der Waals surface area contributed by atoms with Crippen LogP contribution in [-0.4, -0.2) is 17.3 Å². The van der Waals surface area contributed by atoms with E-state index >= 15 is 0 Å². The maximum atomic E-state index is 12.8. The molecule has 0 saturated heterocycles. The van der Waals surface area contributed by atoms with E-state index in [0.29, 0.717) is 18.5 Å². The number of hydrogen-bond donors (Lipinski definition) is 1. The van der Waals surface area contributed by atoms with Crippen molar-refractivity contribution in [3.05, 3.63) is 39.8 Å². The van der Waals surface area contributed by atoms with Crippen LogP contribution in [-0.2, 0) is 16.5 Å². The van der Waals surface area contributed by atoms with Gasteiger partial charge in [0.25, 0.3) is 5.56 Å². The lowest BCUT2D eigenvalue weighted by atomic mass is 10.0. The van der Waals surface area contributed by atoms with Crippen LogP contribution in [0.1, 0.15) is 24.1 Å². The number of ether oxygens (including phenoxy) is 1. The Bertz CT molecular complexity index is 732. The monoisotopic (exact) mass is 284 g/mol. The summed E-state index contributed by atoms with van der Waals surface area (Å²) in [5.41, 5.74) is -1.62. The highest BCUT2D eigenvalue weighted by atomic mass is 19.4. The van der Waals surface area contributed by atoms with Crippen molar-refractivity contribution in [3.63, 3.8) is 0 Å². The second kappa shape index (κ2) is 4.05. The molecule has 0 unspecified atom stereocenters. The summed E-state index contributed by atoms with van der Waals surface area (Å²) in [6.45, 7) is 0. The molecule has 1 N–H and O–H groups in total. The van der Waals surface area contributed by atoms with Gasteiger partial charge in [-0.3, -0.25) is 4.79 Å². The summed E-state index contributed by atoms with van der Waals surface area (Å²) >= 11 is 0. The third-order valence-corrected chi connectivity index (χ3v) is 3.64. The van der Waals surface area contributed by atoms with Crippen molar-refractivity contribution < 1.29 is 17.9 Å². The molecule has 0 aliphatic heterocycles. The SMILES string of the molecule is COC1(c2n[nH]c(=O)c3ccc(C(F)(F)F)cc23)CC1. The number of halogens is 3. The zero-order valence-corrected chi connectivity index (χ0v) is 10.5. The van der Waals surface area contributed by atoms with Crippen LogP contribution < -0.4 is 5.56 Å². The number of H-pyrrole nitrogens is 1. The van der Waals surface area contributed by atoms with Crippen LogP contribution >= 0.6 is 0 Å². The molecule has 1 aromatic carbocycles. The highest BCUT2D eigenvalue weighted by Crippen LogP contribution is 2.49. The molecular weight excluding hydrogens is 273 g/mol. The van der Waals surface area contributed by atoms with Gasteiger partial charge in [0.1, 0.15) is 11.3 Å². The molecule has 1 saturated carbocycles. The Kier molecular flexibility index (Phi) is 2.66. The van der Waals surface area contributed by atoms with E-state index < -0.39 is 22.9 Å². The third kappa shape index (κ3) is 1.89. The van der Waals surface area contributed by atoms with Crippen molar-refractivity contribution in [1.29, 1.82) is 0 Å². The summed E-state index contributed by atoms with van der Waals surface area (Å²) in [4.78, 5) is 11.7. The average Bonchev–Trinajstić information content (AvgIpc) is 3.19. The first-order valence-corrected chi connectivity index (χ1v) is 6.03. The quantitative estimate of drug-likeness (QED) is 0.922. The molecule has 1 heterocycles. The van der Waals surface area contributed by atoms with Crippen molar-refractivity contribution in [3.8, 4) is 0 Å². The summed E-state index contributed by atoms with van der Waals surface area (Å²) < 4.78 is 43.8. The van der Waals surface area contributed by atoms with E-state index in [4.69, 9.17) is 4.74 Å². The van der Waals surface area contributed by atoms with E-state index in [1.807, 2.05) is 0 Å². The van der Waals surface area contributed by atoms with Crippen LogP contribution in [0.3, 0.4) is 0 Å². The Morgan fingerprint density at radius 2 is 2.00 bits per heavy atom. The number of methoxy groups -OCH3 is 1. The lowest BCUT2D eigenvalue weighted by molar-refractivity contribution is -0.137. The Morgan fingerprint density at radius 3 is 2.55 bits per heavy atom. The normalized spacial score (nSPS) is 17.4. The van der Waals surface area contributed by atoms with Gasteiger partial charge < -0.3 is 4.74 Å². The van der Waals surface area contributed by atoms with Crippen LogP contribution in [0.4, 0.5) is 13.2 Å². The number of alkyl halides is 3. The lowest BCUT2D eigenvalue weighted by Crippen LogP contribution is -2.19. The molecule has 4 nitrogen and oxygen atoms in total. The molecule has 0 spiro atoms. The van der Waals surface area contributed by atoms with Crippen LogP contribution in [0, 0.1) is 0 Å². The van der Waals surface area contributed by atoms with Gasteiger partial charge in [0.15, 0.2) is 0 Å². The molecule has 106 valence electrons. The summed E-state index contributed by atoms with van der Waals surface area (Å²) in [6, 6.07) is 3.04. The number of nitrogens with zero attached hydrogens (tertiary/aromatic N) is 1. The van der Waals surface area contributed by atoms with Crippen molar-refractivity contribution in [2.75, 3.05) is 7.11 Å². The first kappa shape index (κ1) is 13.1. The van der Waals surface area contributed by atoms with Crippen molar-refractivity contribution >= 4 is 10.8 Å².